The Balaban J connectivity index is 2.09. The van der Waals surface area contributed by atoms with Gasteiger partial charge in [0, 0.05) is 24.6 Å². The lowest BCUT2D eigenvalue weighted by Gasteiger charge is -2.37. The number of hydrogen-bond acceptors (Lipinski definition) is 6. The van der Waals surface area contributed by atoms with E-state index in [1.54, 1.807) is 6.33 Å². The van der Waals surface area contributed by atoms with Crippen LogP contribution in [0.3, 0.4) is 0 Å². The first-order valence-corrected chi connectivity index (χ1v) is 5.43. The van der Waals surface area contributed by atoms with Crippen LogP contribution in [0.15, 0.2) is 6.33 Å². The van der Waals surface area contributed by atoms with Crippen LogP contribution in [-0.4, -0.2) is 41.2 Å². The first-order chi connectivity index (χ1) is 6.81. The molecule has 0 spiro atoms. The van der Waals surface area contributed by atoms with Crippen molar-refractivity contribution in [1.82, 2.24) is 9.36 Å². The van der Waals surface area contributed by atoms with Crippen LogP contribution in [0.25, 0.3) is 0 Å². The smallest absolute Gasteiger partial charge is 0.205 e. The molecule has 2 N–H and O–H groups in total. The predicted octanol–water partition coefficient (Wildman–Crippen LogP) is 0.0905. The van der Waals surface area contributed by atoms with Gasteiger partial charge >= 0.3 is 0 Å². The van der Waals surface area contributed by atoms with Gasteiger partial charge in [0.1, 0.15) is 6.33 Å². The minimum Gasteiger partial charge on any atom is -0.373 e. The van der Waals surface area contributed by atoms with E-state index in [0.29, 0.717) is 19.2 Å². The van der Waals surface area contributed by atoms with E-state index in [4.69, 9.17) is 10.5 Å². The summed E-state index contributed by atoms with van der Waals surface area (Å²) < 4.78 is 9.56. The normalized spacial score (nSPS) is 28.0. The number of rotatable bonds is 2. The standard InChI is InChI=1S/C8H14N4OS/c1-6-4-13-7(2-9)3-12(6)8-10-5-11-14-8/h5-7H,2-4,9H2,1H3. The first kappa shape index (κ1) is 9.82. The zero-order valence-corrected chi connectivity index (χ0v) is 8.91. The summed E-state index contributed by atoms with van der Waals surface area (Å²) in [6.45, 7) is 4.20. The maximum absolute atomic E-state index is 5.58. The molecule has 78 valence electrons. The summed E-state index contributed by atoms with van der Waals surface area (Å²) in [4.78, 5) is 6.40. The van der Waals surface area contributed by atoms with Gasteiger partial charge in [0.15, 0.2) is 0 Å². The monoisotopic (exact) mass is 214 g/mol. The molecule has 1 saturated heterocycles. The van der Waals surface area contributed by atoms with Crippen molar-refractivity contribution >= 4 is 16.7 Å². The Labute approximate surface area is 87.0 Å². The highest BCUT2D eigenvalue weighted by atomic mass is 32.1. The third-order valence-corrected chi connectivity index (χ3v) is 3.07. The van der Waals surface area contributed by atoms with Crippen molar-refractivity contribution < 1.29 is 4.74 Å². The Bertz CT molecular complexity index is 279. The largest absolute Gasteiger partial charge is 0.373 e. The fourth-order valence-corrected chi connectivity index (χ4v) is 2.16. The lowest BCUT2D eigenvalue weighted by molar-refractivity contribution is 0.0283. The zero-order chi connectivity index (χ0) is 9.97. The van der Waals surface area contributed by atoms with Crippen LogP contribution in [0.1, 0.15) is 6.92 Å². The van der Waals surface area contributed by atoms with E-state index in [2.05, 4.69) is 21.2 Å². The van der Waals surface area contributed by atoms with Gasteiger partial charge in [0.2, 0.25) is 5.13 Å². The molecule has 1 aromatic heterocycles. The molecule has 5 nitrogen and oxygen atoms in total. The quantitative estimate of drug-likeness (QED) is 0.756. The van der Waals surface area contributed by atoms with Gasteiger partial charge in [-0.3, -0.25) is 0 Å². The minimum atomic E-state index is 0.120. The second-order valence-corrected chi connectivity index (χ2v) is 4.17. The van der Waals surface area contributed by atoms with E-state index >= 15 is 0 Å². The van der Waals surface area contributed by atoms with E-state index in [1.165, 1.54) is 11.5 Å². The van der Waals surface area contributed by atoms with E-state index in [0.717, 1.165) is 11.7 Å². The van der Waals surface area contributed by atoms with Crippen molar-refractivity contribution in [2.45, 2.75) is 19.1 Å². The van der Waals surface area contributed by atoms with Crippen molar-refractivity contribution in [1.29, 1.82) is 0 Å². The third-order valence-electron chi connectivity index (χ3n) is 2.36. The Morgan fingerprint density at radius 2 is 2.64 bits per heavy atom. The highest BCUT2D eigenvalue weighted by molar-refractivity contribution is 7.09. The maximum atomic E-state index is 5.58. The highest BCUT2D eigenvalue weighted by Gasteiger charge is 2.26. The Kier molecular flexibility index (Phi) is 2.95. The topological polar surface area (TPSA) is 64.3 Å². The molecule has 2 heterocycles. The lowest BCUT2D eigenvalue weighted by Crippen LogP contribution is -2.50. The van der Waals surface area contributed by atoms with Gasteiger partial charge in [-0.1, -0.05) is 0 Å². The fraction of sp³-hybridized carbons (Fsp3) is 0.750. The van der Waals surface area contributed by atoms with E-state index in [-0.39, 0.29) is 6.10 Å². The van der Waals surface area contributed by atoms with Crippen molar-refractivity contribution in [2.24, 2.45) is 5.73 Å². The number of nitrogens with zero attached hydrogens (tertiary/aromatic N) is 3. The number of hydrogen-bond donors (Lipinski definition) is 1. The molecule has 1 aliphatic heterocycles. The molecule has 14 heavy (non-hydrogen) atoms. The molecule has 0 amide bonds. The SMILES string of the molecule is CC1COC(CN)CN1c1ncns1. The molecule has 1 fully saturated rings. The molecule has 6 heteroatoms. The van der Waals surface area contributed by atoms with Gasteiger partial charge in [0.25, 0.3) is 0 Å². The van der Waals surface area contributed by atoms with Gasteiger partial charge in [-0.05, 0) is 6.92 Å². The third kappa shape index (κ3) is 1.87. The Hall–Kier alpha value is -0.720. The molecule has 2 rings (SSSR count). The summed E-state index contributed by atoms with van der Waals surface area (Å²) >= 11 is 1.41. The lowest BCUT2D eigenvalue weighted by atomic mass is 10.2. The van der Waals surface area contributed by atoms with E-state index in [1.807, 2.05) is 0 Å². The molecular weight excluding hydrogens is 200 g/mol. The molecular formula is C8H14N4OS. The molecule has 2 atom stereocenters. The van der Waals surface area contributed by atoms with Crippen molar-refractivity contribution in [2.75, 3.05) is 24.6 Å². The van der Waals surface area contributed by atoms with E-state index in [9.17, 15) is 0 Å². The molecule has 0 aliphatic carbocycles. The summed E-state index contributed by atoms with van der Waals surface area (Å²) in [5, 5.41) is 0.958. The van der Waals surface area contributed by atoms with Gasteiger partial charge in [-0.2, -0.15) is 4.37 Å². The number of nitrogens with two attached hydrogens (primary N) is 1. The molecule has 0 aromatic carbocycles. The summed E-state index contributed by atoms with van der Waals surface area (Å²) in [6, 6.07) is 0.353. The second kappa shape index (κ2) is 4.20. The summed E-state index contributed by atoms with van der Waals surface area (Å²) in [6.07, 6.45) is 1.70. The molecule has 2 unspecified atom stereocenters. The summed E-state index contributed by atoms with van der Waals surface area (Å²) in [7, 11) is 0. The highest BCUT2D eigenvalue weighted by Crippen LogP contribution is 2.21. The van der Waals surface area contributed by atoms with Crippen LogP contribution < -0.4 is 10.6 Å². The molecule has 1 aliphatic rings. The zero-order valence-electron chi connectivity index (χ0n) is 8.09. The van der Waals surface area contributed by atoms with Crippen LogP contribution >= 0.6 is 11.5 Å². The van der Waals surface area contributed by atoms with Crippen LogP contribution in [0.5, 0.6) is 0 Å². The summed E-state index contributed by atoms with van der Waals surface area (Å²) in [5.74, 6) is 0. The van der Waals surface area contributed by atoms with E-state index < -0.39 is 0 Å². The number of ether oxygens (including phenoxy) is 1. The average Bonchev–Trinajstić information content (AvgIpc) is 2.71. The number of anilines is 1. The van der Waals surface area contributed by atoms with Crippen LogP contribution in [0, 0.1) is 0 Å². The van der Waals surface area contributed by atoms with Gasteiger partial charge < -0.3 is 15.4 Å². The minimum absolute atomic E-state index is 0.120. The fourth-order valence-electron chi connectivity index (χ4n) is 1.52. The number of morpholine rings is 1. The van der Waals surface area contributed by atoms with Crippen molar-refractivity contribution in [3.05, 3.63) is 6.33 Å². The van der Waals surface area contributed by atoms with Crippen LogP contribution in [0.2, 0.25) is 0 Å². The Morgan fingerprint density at radius 1 is 1.79 bits per heavy atom. The maximum Gasteiger partial charge on any atom is 0.205 e. The number of aromatic nitrogens is 2. The second-order valence-electron chi connectivity index (χ2n) is 3.42. The molecule has 0 bridgehead atoms. The van der Waals surface area contributed by atoms with Crippen LogP contribution in [0.4, 0.5) is 5.13 Å². The first-order valence-electron chi connectivity index (χ1n) is 4.66. The molecule has 0 saturated carbocycles. The van der Waals surface area contributed by atoms with Crippen LogP contribution in [-0.2, 0) is 4.74 Å². The average molecular weight is 214 g/mol. The predicted molar refractivity (Wildman–Crippen MR) is 55.5 cm³/mol. The molecule has 1 aromatic rings. The van der Waals surface area contributed by atoms with Gasteiger partial charge in [-0.25, -0.2) is 4.98 Å². The van der Waals surface area contributed by atoms with Gasteiger partial charge in [0.05, 0.1) is 18.8 Å². The molecule has 0 radical (unpaired) electrons. The van der Waals surface area contributed by atoms with Gasteiger partial charge in [-0.15, -0.1) is 0 Å². The van der Waals surface area contributed by atoms with Crippen molar-refractivity contribution in [3.8, 4) is 0 Å². The summed E-state index contributed by atoms with van der Waals surface area (Å²) in [5.41, 5.74) is 5.58. The van der Waals surface area contributed by atoms with Crippen molar-refractivity contribution in [3.63, 3.8) is 0 Å². The Morgan fingerprint density at radius 3 is 3.29 bits per heavy atom.